The largest absolute Gasteiger partial charge is 0.462 e. The first-order chi connectivity index (χ1) is 39.6. The molecule has 0 amide bonds. The van der Waals surface area contributed by atoms with Crippen LogP contribution in [0.4, 0.5) is 0 Å². The first-order valence-electron chi connectivity index (χ1n) is 34.4. The molecule has 0 aliphatic heterocycles. The van der Waals surface area contributed by atoms with Crippen LogP contribution in [0.3, 0.4) is 0 Å². The van der Waals surface area contributed by atoms with Crippen LogP contribution in [-0.2, 0) is 19.1 Å². The van der Waals surface area contributed by atoms with Gasteiger partial charge in [0, 0.05) is 12.8 Å². The summed E-state index contributed by atoms with van der Waals surface area (Å²) >= 11 is 0. The number of allylic oxidation sites excluding steroid dienone is 18. The van der Waals surface area contributed by atoms with Gasteiger partial charge in [0.05, 0.1) is 6.61 Å². The molecule has 0 aromatic heterocycles. The lowest BCUT2D eigenvalue weighted by molar-refractivity contribution is -0.161. The second kappa shape index (κ2) is 69.8. The van der Waals surface area contributed by atoms with Crippen molar-refractivity contribution < 1.29 is 24.2 Å². The number of ether oxygens (including phenoxy) is 2. The topological polar surface area (TPSA) is 72.8 Å². The number of aliphatic hydroxyl groups excluding tert-OH is 1. The molecule has 5 nitrogen and oxygen atoms in total. The third-order valence-electron chi connectivity index (χ3n) is 15.1. The Morgan fingerprint density at radius 3 is 0.750 bits per heavy atom. The maximum Gasteiger partial charge on any atom is 0.306 e. The lowest BCUT2D eigenvalue weighted by Gasteiger charge is -2.15. The molecule has 1 N–H and O–H groups in total. The fourth-order valence-electron chi connectivity index (χ4n) is 9.99. The lowest BCUT2D eigenvalue weighted by atomic mass is 10.0. The number of hydrogen-bond donors (Lipinski definition) is 1. The van der Waals surface area contributed by atoms with E-state index in [9.17, 15) is 14.7 Å². The van der Waals surface area contributed by atoms with Gasteiger partial charge in [-0.05, 0) is 96.3 Å². The van der Waals surface area contributed by atoms with Crippen molar-refractivity contribution in [2.75, 3.05) is 13.2 Å². The summed E-state index contributed by atoms with van der Waals surface area (Å²) in [5.74, 6) is -0.577. The van der Waals surface area contributed by atoms with E-state index in [1.54, 1.807) is 0 Å². The zero-order valence-electron chi connectivity index (χ0n) is 52.8. The molecule has 460 valence electrons. The molecule has 0 aromatic rings. The van der Waals surface area contributed by atoms with E-state index in [2.05, 4.69) is 123 Å². The summed E-state index contributed by atoms with van der Waals surface area (Å²) < 4.78 is 10.8. The zero-order chi connectivity index (χ0) is 57.6. The second-order valence-corrected chi connectivity index (χ2v) is 22.8. The van der Waals surface area contributed by atoms with Gasteiger partial charge in [-0.3, -0.25) is 9.59 Å². The standard InChI is InChI=1S/C75H130O5/c1-3-5-7-9-11-13-15-17-19-21-23-25-27-29-31-33-35-37-39-41-43-45-47-49-51-53-55-57-59-61-63-65-67-69-74(77)79-72-73(71-76)80-75(78)70-68-66-64-62-60-58-56-54-52-50-48-46-44-42-40-38-36-34-32-30-28-26-24-22-20-18-16-14-12-10-8-6-4-2/h5-8,11-14,17-20,23-26,30,32,73,76H,3-4,9-10,15-16,21-22,27-29,31,33-72H2,1-2H3/b7-5-,8-6-,13-11-,14-12-,19-17-,20-18-,25-23-,26-24-,32-30-. The molecule has 1 unspecified atom stereocenters. The number of unbranched alkanes of at least 4 members (excludes halogenated alkanes) is 37. The van der Waals surface area contributed by atoms with Gasteiger partial charge in [0.25, 0.3) is 0 Å². The van der Waals surface area contributed by atoms with Crippen LogP contribution >= 0.6 is 0 Å². The molecule has 0 radical (unpaired) electrons. The molecule has 0 aromatic carbocycles. The Kier molecular flexibility index (Phi) is 66.8. The molecule has 0 aliphatic rings. The molecule has 80 heavy (non-hydrogen) atoms. The minimum Gasteiger partial charge on any atom is -0.462 e. The van der Waals surface area contributed by atoms with Gasteiger partial charge in [0.15, 0.2) is 6.10 Å². The highest BCUT2D eigenvalue weighted by molar-refractivity contribution is 5.70. The van der Waals surface area contributed by atoms with Gasteiger partial charge in [-0.15, -0.1) is 0 Å². The maximum atomic E-state index is 12.4. The molecule has 0 bridgehead atoms. The average Bonchev–Trinajstić information content (AvgIpc) is 3.46. The number of esters is 2. The fourth-order valence-corrected chi connectivity index (χ4v) is 9.99. The molecule has 1 atom stereocenters. The Bertz CT molecular complexity index is 1540. The van der Waals surface area contributed by atoms with Gasteiger partial charge >= 0.3 is 11.9 Å². The van der Waals surface area contributed by atoms with Crippen LogP contribution in [0, 0.1) is 0 Å². The van der Waals surface area contributed by atoms with Crippen molar-refractivity contribution in [3.8, 4) is 0 Å². The molecule has 0 spiro atoms. The number of rotatable bonds is 63. The van der Waals surface area contributed by atoms with Crippen molar-refractivity contribution >= 4 is 11.9 Å². The molecular weight excluding hydrogens is 981 g/mol. The Morgan fingerprint density at radius 1 is 0.287 bits per heavy atom. The molecule has 0 saturated heterocycles. The lowest BCUT2D eigenvalue weighted by Crippen LogP contribution is -2.28. The van der Waals surface area contributed by atoms with Crippen molar-refractivity contribution in [1.29, 1.82) is 0 Å². The molecule has 0 aliphatic carbocycles. The van der Waals surface area contributed by atoms with Gasteiger partial charge in [0.1, 0.15) is 6.61 Å². The van der Waals surface area contributed by atoms with Crippen molar-refractivity contribution in [3.05, 3.63) is 109 Å². The normalized spacial score (nSPS) is 12.9. The molecule has 5 heteroatoms. The van der Waals surface area contributed by atoms with E-state index in [0.29, 0.717) is 12.8 Å². The molecule has 0 heterocycles. The first kappa shape index (κ1) is 76.6. The third-order valence-corrected chi connectivity index (χ3v) is 15.1. The zero-order valence-corrected chi connectivity index (χ0v) is 52.8. The van der Waals surface area contributed by atoms with Gasteiger partial charge < -0.3 is 14.6 Å². The van der Waals surface area contributed by atoms with Crippen molar-refractivity contribution in [2.45, 2.75) is 341 Å². The number of hydrogen-bond acceptors (Lipinski definition) is 5. The van der Waals surface area contributed by atoms with Crippen LogP contribution in [0.2, 0.25) is 0 Å². The minimum absolute atomic E-state index is 0.0652. The van der Waals surface area contributed by atoms with Crippen molar-refractivity contribution in [1.82, 2.24) is 0 Å². The van der Waals surface area contributed by atoms with E-state index in [4.69, 9.17) is 9.47 Å². The number of carbonyl (C=O) groups is 2. The Hall–Kier alpha value is -3.44. The summed E-state index contributed by atoms with van der Waals surface area (Å²) in [7, 11) is 0. The van der Waals surface area contributed by atoms with E-state index in [1.165, 1.54) is 212 Å². The van der Waals surface area contributed by atoms with Gasteiger partial charge in [-0.25, -0.2) is 0 Å². The fraction of sp³-hybridized carbons (Fsp3) is 0.733. The SMILES string of the molecule is CC/C=C\C/C=C\C/C=C\C/C=C\C/C=C\CCCCCCCCCCCCCCCCCCCC(=O)OC(CO)COC(=O)CCCCCCCCCCCCCCCCCCCCCC/C=C\C/C=C\C/C=C\C/C=C\CC. The van der Waals surface area contributed by atoms with Crippen LogP contribution < -0.4 is 0 Å². The highest BCUT2D eigenvalue weighted by Gasteiger charge is 2.16. The maximum absolute atomic E-state index is 12.4. The van der Waals surface area contributed by atoms with E-state index in [0.717, 1.165) is 96.3 Å². The average molecular weight is 1110 g/mol. The summed E-state index contributed by atoms with van der Waals surface area (Å²) in [6.07, 6.45) is 101. The Morgan fingerprint density at radius 2 is 0.500 bits per heavy atom. The highest BCUT2D eigenvalue weighted by atomic mass is 16.6. The minimum atomic E-state index is -0.776. The predicted octanol–water partition coefficient (Wildman–Crippen LogP) is 24.0. The second-order valence-electron chi connectivity index (χ2n) is 22.8. The van der Waals surface area contributed by atoms with E-state index >= 15 is 0 Å². The molecule has 0 rings (SSSR count). The molecular formula is C75H130O5. The van der Waals surface area contributed by atoms with Crippen LogP contribution in [0.1, 0.15) is 335 Å². The van der Waals surface area contributed by atoms with Crippen LogP contribution in [0.25, 0.3) is 0 Å². The summed E-state index contributed by atoms with van der Waals surface area (Å²) in [4.78, 5) is 24.7. The Balaban J connectivity index is 3.43. The predicted molar refractivity (Wildman–Crippen MR) is 352 cm³/mol. The van der Waals surface area contributed by atoms with Gasteiger partial charge in [-0.1, -0.05) is 335 Å². The van der Waals surface area contributed by atoms with Crippen LogP contribution in [-0.4, -0.2) is 36.4 Å². The van der Waals surface area contributed by atoms with E-state index < -0.39 is 6.10 Å². The number of carbonyl (C=O) groups excluding carboxylic acids is 2. The van der Waals surface area contributed by atoms with Crippen molar-refractivity contribution in [2.24, 2.45) is 0 Å². The van der Waals surface area contributed by atoms with Crippen LogP contribution in [0.15, 0.2) is 109 Å². The summed E-state index contributed by atoms with van der Waals surface area (Å²) in [5, 5.41) is 9.70. The molecule has 0 fully saturated rings. The van der Waals surface area contributed by atoms with Crippen molar-refractivity contribution in [3.63, 3.8) is 0 Å². The van der Waals surface area contributed by atoms with E-state index in [1.807, 2.05) is 0 Å². The van der Waals surface area contributed by atoms with E-state index in [-0.39, 0.29) is 25.2 Å². The third kappa shape index (κ3) is 67.1. The first-order valence-corrected chi connectivity index (χ1v) is 34.4. The monoisotopic (exact) mass is 1110 g/mol. The highest BCUT2D eigenvalue weighted by Crippen LogP contribution is 2.18. The number of aliphatic hydroxyl groups is 1. The summed E-state index contributed by atoms with van der Waals surface area (Å²) in [6, 6.07) is 0. The summed E-state index contributed by atoms with van der Waals surface area (Å²) in [6.45, 7) is 3.95. The molecule has 0 saturated carbocycles. The van der Waals surface area contributed by atoms with Gasteiger partial charge in [-0.2, -0.15) is 0 Å². The van der Waals surface area contributed by atoms with Crippen LogP contribution in [0.5, 0.6) is 0 Å². The van der Waals surface area contributed by atoms with Gasteiger partial charge in [0.2, 0.25) is 0 Å². The quantitative estimate of drug-likeness (QED) is 0.0373. The summed E-state index contributed by atoms with van der Waals surface area (Å²) in [5.41, 5.74) is 0. The smallest absolute Gasteiger partial charge is 0.306 e. The Labute approximate surface area is 497 Å².